The summed E-state index contributed by atoms with van der Waals surface area (Å²) in [4.78, 5) is 19.6. The molecule has 146 valence electrons. The van der Waals surface area contributed by atoms with Crippen molar-refractivity contribution in [2.45, 2.75) is 18.8 Å². The van der Waals surface area contributed by atoms with E-state index in [-0.39, 0.29) is 11.9 Å². The third-order valence-electron chi connectivity index (χ3n) is 4.09. The fraction of sp³-hybridized carbons (Fsp3) is 0.444. The van der Waals surface area contributed by atoms with Crippen LogP contribution in [0.3, 0.4) is 0 Å². The van der Waals surface area contributed by atoms with E-state index in [1.165, 1.54) is 0 Å². The van der Waals surface area contributed by atoms with Gasteiger partial charge in [0.25, 0.3) is 5.56 Å². The number of aromatic amines is 1. The fourth-order valence-corrected chi connectivity index (χ4v) is 2.92. The predicted molar refractivity (Wildman–Crippen MR) is 92.2 cm³/mol. The van der Waals surface area contributed by atoms with Crippen molar-refractivity contribution in [2.75, 3.05) is 33.4 Å². The second-order valence-electron chi connectivity index (χ2n) is 6.44. The lowest BCUT2D eigenvalue weighted by Gasteiger charge is -2.27. The molecule has 1 unspecified atom stereocenters. The molecule has 0 aliphatic carbocycles. The summed E-state index contributed by atoms with van der Waals surface area (Å²) in [7, 11) is 1.93. The van der Waals surface area contributed by atoms with Crippen molar-refractivity contribution in [3.05, 3.63) is 51.9 Å². The van der Waals surface area contributed by atoms with Gasteiger partial charge in [0.05, 0.1) is 25.9 Å². The number of rotatable bonds is 5. The van der Waals surface area contributed by atoms with E-state index in [2.05, 4.69) is 9.97 Å². The van der Waals surface area contributed by atoms with Gasteiger partial charge in [0.15, 0.2) is 5.69 Å². The molecular formula is C18H20F3N3O3. The highest BCUT2D eigenvalue weighted by atomic mass is 19.4. The molecule has 1 N–H and O–H groups in total. The van der Waals surface area contributed by atoms with E-state index in [0.717, 1.165) is 5.56 Å². The van der Waals surface area contributed by atoms with Crippen LogP contribution in [0.4, 0.5) is 13.2 Å². The first-order valence-electron chi connectivity index (χ1n) is 8.47. The molecule has 3 rings (SSSR count). The molecule has 0 spiro atoms. The van der Waals surface area contributed by atoms with Crippen LogP contribution in [0.2, 0.25) is 0 Å². The van der Waals surface area contributed by atoms with Crippen molar-refractivity contribution < 1.29 is 22.6 Å². The first kappa shape index (κ1) is 19.5. The molecule has 2 heterocycles. The van der Waals surface area contributed by atoms with Crippen molar-refractivity contribution in [2.24, 2.45) is 0 Å². The molecule has 1 aromatic carbocycles. The molecule has 1 aliphatic heterocycles. The average molecular weight is 383 g/mol. The molecule has 1 fully saturated rings. The molecule has 1 aliphatic rings. The molecule has 27 heavy (non-hydrogen) atoms. The first-order valence-corrected chi connectivity index (χ1v) is 8.47. The number of ether oxygens (including phenoxy) is 2. The quantitative estimate of drug-likeness (QED) is 0.858. The van der Waals surface area contributed by atoms with E-state index in [9.17, 15) is 18.0 Å². The lowest BCUT2D eigenvalue weighted by Crippen LogP contribution is -2.38. The summed E-state index contributed by atoms with van der Waals surface area (Å²) in [6.45, 7) is 2.95. The normalized spacial score (nSPS) is 18.0. The van der Waals surface area contributed by atoms with Crippen molar-refractivity contribution in [3.63, 3.8) is 0 Å². The molecule has 6 nitrogen and oxygen atoms in total. The predicted octanol–water partition coefficient (Wildman–Crippen LogP) is 2.30. The van der Waals surface area contributed by atoms with Crippen LogP contribution in [0.5, 0.6) is 0 Å². The molecule has 1 atom stereocenters. The highest BCUT2D eigenvalue weighted by Crippen LogP contribution is 2.28. The number of H-pyrrole nitrogens is 1. The molecule has 0 radical (unpaired) electrons. The number of hydrogen-bond donors (Lipinski definition) is 1. The first-order chi connectivity index (χ1) is 12.8. The number of benzene rings is 1. The summed E-state index contributed by atoms with van der Waals surface area (Å²) in [6, 6.07) is 7.36. The largest absolute Gasteiger partial charge is 0.433 e. The second-order valence-corrected chi connectivity index (χ2v) is 6.44. The summed E-state index contributed by atoms with van der Waals surface area (Å²) >= 11 is 0. The zero-order valence-corrected chi connectivity index (χ0v) is 14.8. The van der Waals surface area contributed by atoms with Crippen LogP contribution < -0.4 is 5.56 Å². The Kier molecular flexibility index (Phi) is 5.93. The fourth-order valence-electron chi connectivity index (χ4n) is 2.92. The van der Waals surface area contributed by atoms with Gasteiger partial charge in [-0.3, -0.25) is 9.69 Å². The van der Waals surface area contributed by atoms with Crippen molar-refractivity contribution in [1.29, 1.82) is 0 Å². The van der Waals surface area contributed by atoms with E-state index >= 15 is 0 Å². The van der Waals surface area contributed by atoms with Crippen LogP contribution in [0.25, 0.3) is 11.4 Å². The van der Waals surface area contributed by atoms with Crippen molar-refractivity contribution in [1.82, 2.24) is 14.9 Å². The van der Waals surface area contributed by atoms with Gasteiger partial charge >= 0.3 is 6.18 Å². The standard InChI is InChI=1S/C18H20F3N3O3/c1-24(10-14-11-26-5-6-27-14)9-12-3-2-4-13(7-12)17-22-15(18(19,20)21)8-16(25)23-17/h2-4,7-8,14H,5-6,9-11H2,1H3,(H,22,23,25). The summed E-state index contributed by atoms with van der Waals surface area (Å²) in [5, 5.41) is 0. The van der Waals surface area contributed by atoms with E-state index in [4.69, 9.17) is 9.47 Å². The van der Waals surface area contributed by atoms with Gasteiger partial charge in [0.2, 0.25) is 0 Å². The maximum atomic E-state index is 12.9. The minimum absolute atomic E-state index is 0.00609. The van der Waals surface area contributed by atoms with E-state index in [0.29, 0.717) is 44.5 Å². The van der Waals surface area contributed by atoms with E-state index in [1.807, 2.05) is 18.0 Å². The number of likely N-dealkylation sites (N-methyl/N-ethyl adjacent to an activating group) is 1. The average Bonchev–Trinajstić information content (AvgIpc) is 2.61. The van der Waals surface area contributed by atoms with Gasteiger partial charge in [-0.15, -0.1) is 0 Å². The monoisotopic (exact) mass is 383 g/mol. The number of hydrogen-bond acceptors (Lipinski definition) is 5. The number of alkyl halides is 3. The van der Waals surface area contributed by atoms with Gasteiger partial charge in [-0.1, -0.05) is 18.2 Å². The summed E-state index contributed by atoms with van der Waals surface area (Å²) < 4.78 is 49.7. The Morgan fingerprint density at radius 1 is 1.30 bits per heavy atom. The maximum absolute atomic E-state index is 12.9. The van der Waals surface area contributed by atoms with E-state index in [1.54, 1.807) is 18.2 Å². The Hall–Kier alpha value is -2.23. The molecule has 1 aromatic heterocycles. The zero-order chi connectivity index (χ0) is 19.4. The smallest absolute Gasteiger partial charge is 0.376 e. The topological polar surface area (TPSA) is 67.5 Å². The lowest BCUT2D eigenvalue weighted by molar-refractivity contribution is -0.141. The summed E-state index contributed by atoms with van der Waals surface area (Å²) in [6.07, 6.45) is -4.68. The Morgan fingerprint density at radius 2 is 2.11 bits per heavy atom. The highest BCUT2D eigenvalue weighted by molar-refractivity contribution is 5.56. The van der Waals surface area contributed by atoms with Crippen LogP contribution in [0.1, 0.15) is 11.3 Å². The number of nitrogens with one attached hydrogen (secondary N) is 1. The number of aromatic nitrogens is 2. The van der Waals surface area contributed by atoms with E-state index < -0.39 is 17.4 Å². The van der Waals surface area contributed by atoms with Crippen LogP contribution in [-0.4, -0.2) is 54.4 Å². The molecule has 0 bridgehead atoms. The van der Waals surface area contributed by atoms with Crippen LogP contribution in [-0.2, 0) is 22.2 Å². The molecule has 1 saturated heterocycles. The summed E-state index contributed by atoms with van der Waals surface area (Å²) in [5.41, 5.74) is -0.754. The van der Waals surface area contributed by atoms with Crippen molar-refractivity contribution >= 4 is 0 Å². The van der Waals surface area contributed by atoms with Crippen molar-refractivity contribution in [3.8, 4) is 11.4 Å². The van der Waals surface area contributed by atoms with Crippen LogP contribution in [0.15, 0.2) is 35.1 Å². The third kappa shape index (κ3) is 5.38. The van der Waals surface area contributed by atoms with Gasteiger partial charge in [-0.05, 0) is 18.7 Å². The summed E-state index contributed by atoms with van der Waals surface area (Å²) in [5.74, 6) is -0.108. The van der Waals surface area contributed by atoms with Gasteiger partial charge < -0.3 is 14.5 Å². The molecular weight excluding hydrogens is 363 g/mol. The van der Waals surface area contributed by atoms with Gasteiger partial charge in [0.1, 0.15) is 5.82 Å². The SMILES string of the molecule is CN(Cc1cccc(-c2nc(C(F)(F)F)cc(=O)[nH]2)c1)CC1COCCO1. The Bertz CT molecular complexity index is 832. The highest BCUT2D eigenvalue weighted by Gasteiger charge is 2.33. The molecule has 9 heteroatoms. The Morgan fingerprint density at radius 3 is 2.81 bits per heavy atom. The minimum Gasteiger partial charge on any atom is -0.376 e. The Balaban J connectivity index is 1.75. The van der Waals surface area contributed by atoms with Gasteiger partial charge in [0, 0.05) is 24.7 Å². The maximum Gasteiger partial charge on any atom is 0.433 e. The zero-order valence-electron chi connectivity index (χ0n) is 14.8. The Labute approximate surface area is 153 Å². The number of nitrogens with zero attached hydrogens (tertiary/aromatic N) is 2. The minimum atomic E-state index is -4.68. The molecule has 0 saturated carbocycles. The third-order valence-corrected chi connectivity index (χ3v) is 4.09. The van der Waals surface area contributed by atoms with Gasteiger partial charge in [-0.25, -0.2) is 4.98 Å². The second kappa shape index (κ2) is 8.20. The lowest BCUT2D eigenvalue weighted by atomic mass is 10.1. The molecule has 0 amide bonds. The van der Waals surface area contributed by atoms with Crippen LogP contribution >= 0.6 is 0 Å². The van der Waals surface area contributed by atoms with Crippen LogP contribution in [0, 0.1) is 0 Å². The molecule has 2 aromatic rings. The van der Waals surface area contributed by atoms with Gasteiger partial charge in [-0.2, -0.15) is 13.2 Å². The number of halogens is 3.